The molecule has 0 aromatic carbocycles. The standard InChI is InChI=1S/C11H15N3O2/c1-13-7-9(6-12-13)2-3-11(16)14-5-4-10(15)8-14/h2-3,6-7,10,15H,4-5,8H2,1H3/t10-/m1/s1. The Kier molecular flexibility index (Phi) is 3.05. The molecule has 1 aliphatic heterocycles. The maximum absolute atomic E-state index is 11.7. The number of hydrogen-bond donors (Lipinski definition) is 1. The first kappa shape index (κ1) is 10.9. The molecular weight excluding hydrogens is 206 g/mol. The zero-order valence-corrected chi connectivity index (χ0v) is 9.21. The maximum atomic E-state index is 11.7. The molecule has 86 valence electrons. The summed E-state index contributed by atoms with van der Waals surface area (Å²) < 4.78 is 1.68. The van der Waals surface area contributed by atoms with Crippen molar-refractivity contribution < 1.29 is 9.90 Å². The monoisotopic (exact) mass is 221 g/mol. The minimum absolute atomic E-state index is 0.0552. The average molecular weight is 221 g/mol. The highest BCUT2D eigenvalue weighted by Crippen LogP contribution is 2.09. The van der Waals surface area contributed by atoms with E-state index in [1.165, 1.54) is 6.08 Å². The van der Waals surface area contributed by atoms with Gasteiger partial charge in [0.15, 0.2) is 0 Å². The summed E-state index contributed by atoms with van der Waals surface area (Å²) in [7, 11) is 1.83. The van der Waals surface area contributed by atoms with Crippen LogP contribution in [0.5, 0.6) is 0 Å². The summed E-state index contributed by atoms with van der Waals surface area (Å²) in [6.07, 6.45) is 7.10. The Bertz CT molecular complexity index is 411. The molecule has 1 atom stereocenters. The highest BCUT2D eigenvalue weighted by atomic mass is 16.3. The number of aromatic nitrogens is 2. The molecule has 16 heavy (non-hydrogen) atoms. The van der Waals surface area contributed by atoms with Gasteiger partial charge in [0.1, 0.15) is 0 Å². The minimum Gasteiger partial charge on any atom is -0.391 e. The minimum atomic E-state index is -0.365. The second-order valence-electron chi connectivity index (χ2n) is 4.01. The van der Waals surface area contributed by atoms with Gasteiger partial charge in [-0.15, -0.1) is 0 Å². The molecule has 0 radical (unpaired) electrons. The average Bonchev–Trinajstić information content (AvgIpc) is 2.84. The fourth-order valence-electron chi connectivity index (χ4n) is 1.74. The third-order valence-corrected chi connectivity index (χ3v) is 2.62. The molecule has 1 aromatic heterocycles. The Morgan fingerprint density at radius 2 is 2.50 bits per heavy atom. The summed E-state index contributed by atoms with van der Waals surface area (Å²) in [5.74, 6) is -0.0552. The summed E-state index contributed by atoms with van der Waals surface area (Å²) >= 11 is 0. The van der Waals surface area contributed by atoms with Crippen molar-refractivity contribution in [2.75, 3.05) is 13.1 Å². The maximum Gasteiger partial charge on any atom is 0.246 e. The summed E-state index contributed by atoms with van der Waals surface area (Å²) in [6.45, 7) is 1.08. The number of carbonyl (C=O) groups excluding carboxylic acids is 1. The first-order valence-corrected chi connectivity index (χ1v) is 5.29. The van der Waals surface area contributed by atoms with Gasteiger partial charge in [0.05, 0.1) is 12.3 Å². The van der Waals surface area contributed by atoms with Crippen LogP contribution in [-0.4, -0.2) is 44.9 Å². The molecule has 1 fully saturated rings. The van der Waals surface area contributed by atoms with Crippen LogP contribution >= 0.6 is 0 Å². The van der Waals surface area contributed by atoms with Crippen molar-refractivity contribution in [2.45, 2.75) is 12.5 Å². The molecule has 5 nitrogen and oxygen atoms in total. The Labute approximate surface area is 94.0 Å². The van der Waals surface area contributed by atoms with Crippen LogP contribution in [0, 0.1) is 0 Å². The lowest BCUT2D eigenvalue weighted by molar-refractivity contribution is -0.125. The Morgan fingerprint density at radius 1 is 1.69 bits per heavy atom. The van der Waals surface area contributed by atoms with Crippen molar-refractivity contribution in [3.8, 4) is 0 Å². The van der Waals surface area contributed by atoms with Gasteiger partial charge in [-0.05, 0) is 12.5 Å². The number of amides is 1. The van der Waals surface area contributed by atoms with Gasteiger partial charge in [-0.2, -0.15) is 5.10 Å². The lowest BCUT2D eigenvalue weighted by Gasteiger charge is -2.11. The fourth-order valence-corrected chi connectivity index (χ4v) is 1.74. The molecule has 5 heteroatoms. The molecule has 0 spiro atoms. The zero-order valence-electron chi connectivity index (χ0n) is 9.21. The number of rotatable bonds is 2. The summed E-state index contributed by atoms with van der Waals surface area (Å²) in [4.78, 5) is 13.3. The van der Waals surface area contributed by atoms with Crippen LogP contribution in [0.4, 0.5) is 0 Å². The highest BCUT2D eigenvalue weighted by molar-refractivity contribution is 5.91. The van der Waals surface area contributed by atoms with E-state index in [-0.39, 0.29) is 12.0 Å². The van der Waals surface area contributed by atoms with Crippen LogP contribution in [0.1, 0.15) is 12.0 Å². The van der Waals surface area contributed by atoms with E-state index in [2.05, 4.69) is 5.10 Å². The van der Waals surface area contributed by atoms with Crippen molar-refractivity contribution in [3.63, 3.8) is 0 Å². The number of likely N-dealkylation sites (tertiary alicyclic amines) is 1. The lowest BCUT2D eigenvalue weighted by Crippen LogP contribution is -2.27. The van der Waals surface area contributed by atoms with Crippen LogP contribution in [0.15, 0.2) is 18.5 Å². The number of aliphatic hydroxyl groups excluding tert-OH is 1. The van der Waals surface area contributed by atoms with E-state index < -0.39 is 0 Å². The first-order valence-electron chi connectivity index (χ1n) is 5.29. The van der Waals surface area contributed by atoms with Crippen molar-refractivity contribution in [1.29, 1.82) is 0 Å². The number of hydrogen-bond acceptors (Lipinski definition) is 3. The van der Waals surface area contributed by atoms with E-state index in [0.717, 1.165) is 5.56 Å². The van der Waals surface area contributed by atoms with E-state index in [0.29, 0.717) is 19.5 Å². The molecule has 1 saturated heterocycles. The van der Waals surface area contributed by atoms with Gasteiger partial charge in [0, 0.05) is 38.0 Å². The Hall–Kier alpha value is -1.62. The van der Waals surface area contributed by atoms with E-state index in [1.807, 2.05) is 13.2 Å². The summed E-state index contributed by atoms with van der Waals surface area (Å²) in [5, 5.41) is 13.3. The third kappa shape index (κ3) is 2.49. The van der Waals surface area contributed by atoms with Crippen molar-refractivity contribution in [3.05, 3.63) is 24.0 Å². The molecule has 1 N–H and O–H groups in total. The molecule has 2 heterocycles. The number of aliphatic hydroxyl groups is 1. The third-order valence-electron chi connectivity index (χ3n) is 2.62. The van der Waals surface area contributed by atoms with Gasteiger partial charge in [0.2, 0.25) is 5.91 Å². The number of nitrogens with zero attached hydrogens (tertiary/aromatic N) is 3. The molecule has 1 aromatic rings. The number of carbonyl (C=O) groups is 1. The second kappa shape index (κ2) is 4.49. The van der Waals surface area contributed by atoms with Crippen molar-refractivity contribution in [1.82, 2.24) is 14.7 Å². The summed E-state index contributed by atoms with van der Waals surface area (Å²) in [6, 6.07) is 0. The van der Waals surface area contributed by atoms with Crippen LogP contribution < -0.4 is 0 Å². The van der Waals surface area contributed by atoms with Crippen LogP contribution in [0.2, 0.25) is 0 Å². The molecule has 2 rings (SSSR count). The lowest BCUT2D eigenvalue weighted by atomic mass is 10.3. The van der Waals surface area contributed by atoms with E-state index in [4.69, 9.17) is 0 Å². The van der Waals surface area contributed by atoms with Gasteiger partial charge in [-0.3, -0.25) is 9.48 Å². The van der Waals surface area contributed by atoms with Gasteiger partial charge >= 0.3 is 0 Å². The summed E-state index contributed by atoms with van der Waals surface area (Å²) in [5.41, 5.74) is 0.899. The smallest absolute Gasteiger partial charge is 0.246 e. The largest absolute Gasteiger partial charge is 0.391 e. The van der Waals surface area contributed by atoms with E-state index >= 15 is 0 Å². The number of aryl methyl sites for hydroxylation is 1. The Morgan fingerprint density at radius 3 is 3.06 bits per heavy atom. The topological polar surface area (TPSA) is 58.4 Å². The molecule has 1 aliphatic rings. The van der Waals surface area contributed by atoms with Crippen molar-refractivity contribution in [2.24, 2.45) is 7.05 Å². The molecule has 1 amide bonds. The second-order valence-corrected chi connectivity index (χ2v) is 4.01. The Balaban J connectivity index is 1.94. The van der Waals surface area contributed by atoms with E-state index in [1.54, 1.807) is 21.9 Å². The highest BCUT2D eigenvalue weighted by Gasteiger charge is 2.22. The van der Waals surface area contributed by atoms with E-state index in [9.17, 15) is 9.90 Å². The molecule has 0 unspecified atom stereocenters. The first-order chi connectivity index (χ1) is 7.65. The van der Waals surface area contributed by atoms with Gasteiger partial charge in [-0.25, -0.2) is 0 Å². The van der Waals surface area contributed by atoms with Gasteiger partial charge in [-0.1, -0.05) is 0 Å². The molecule has 0 aliphatic carbocycles. The molecule has 0 bridgehead atoms. The van der Waals surface area contributed by atoms with Crippen molar-refractivity contribution >= 4 is 12.0 Å². The SMILES string of the molecule is Cn1cc(C=CC(=O)N2CC[C@@H](O)C2)cn1. The van der Waals surface area contributed by atoms with Gasteiger partial charge in [0.25, 0.3) is 0 Å². The van der Waals surface area contributed by atoms with Crippen LogP contribution in [0.25, 0.3) is 6.08 Å². The van der Waals surface area contributed by atoms with Crippen LogP contribution in [-0.2, 0) is 11.8 Å². The predicted molar refractivity (Wildman–Crippen MR) is 59.4 cm³/mol. The van der Waals surface area contributed by atoms with Crippen LogP contribution in [0.3, 0.4) is 0 Å². The van der Waals surface area contributed by atoms with Gasteiger partial charge < -0.3 is 10.0 Å². The quantitative estimate of drug-likeness (QED) is 0.717. The fraction of sp³-hybridized carbons (Fsp3) is 0.455. The number of β-amino-alcohol motifs (C(OH)–C–C–N with tert-alkyl or cyclic N) is 1. The normalized spacial score (nSPS) is 20.9. The molecule has 0 saturated carbocycles. The predicted octanol–water partition coefficient (Wildman–Crippen LogP) is 0.0265. The zero-order chi connectivity index (χ0) is 11.5. The molecular formula is C11H15N3O2.